The van der Waals surface area contributed by atoms with E-state index in [0.717, 1.165) is 26.6 Å². The average molecular weight is 299 g/mol. The Morgan fingerprint density at radius 3 is 2.81 bits per heavy atom. The van der Waals surface area contributed by atoms with E-state index in [1.165, 1.54) is 23.9 Å². The zero-order valence-electron chi connectivity index (χ0n) is 11.3. The summed E-state index contributed by atoms with van der Waals surface area (Å²) in [5.74, 6) is -0.988. The highest BCUT2D eigenvalue weighted by atomic mass is 32.2. The Morgan fingerprint density at radius 2 is 2.10 bits per heavy atom. The molecule has 5 nitrogen and oxygen atoms in total. The highest BCUT2D eigenvalue weighted by Crippen LogP contribution is 2.32. The quantitative estimate of drug-likeness (QED) is 0.645. The molecule has 0 fully saturated rings. The minimum atomic E-state index is -0.988. The molecular weight excluding hydrogens is 286 g/mol. The molecule has 0 spiro atoms. The van der Waals surface area contributed by atoms with Crippen molar-refractivity contribution in [2.75, 3.05) is 5.73 Å². The predicted octanol–water partition coefficient (Wildman–Crippen LogP) is 3.30. The van der Waals surface area contributed by atoms with E-state index < -0.39 is 5.97 Å². The molecular formula is C15H13N3O2S. The van der Waals surface area contributed by atoms with Gasteiger partial charge >= 0.3 is 5.97 Å². The number of aromatic nitrogens is 2. The van der Waals surface area contributed by atoms with Crippen molar-refractivity contribution in [2.24, 2.45) is 0 Å². The Labute approximate surface area is 125 Å². The Morgan fingerprint density at radius 1 is 1.29 bits per heavy atom. The first-order valence-corrected chi connectivity index (χ1v) is 7.11. The molecule has 0 aliphatic heterocycles. The van der Waals surface area contributed by atoms with Crippen LogP contribution in [0.5, 0.6) is 0 Å². The van der Waals surface area contributed by atoms with Gasteiger partial charge in [-0.15, -0.1) is 0 Å². The maximum atomic E-state index is 10.9. The van der Waals surface area contributed by atoms with Crippen molar-refractivity contribution in [2.45, 2.75) is 17.0 Å². The molecule has 0 bridgehead atoms. The molecule has 2 aromatic carbocycles. The Bertz CT molecular complexity index is 842. The van der Waals surface area contributed by atoms with Gasteiger partial charge in [-0.2, -0.15) is 0 Å². The van der Waals surface area contributed by atoms with Gasteiger partial charge in [0.15, 0.2) is 5.16 Å². The zero-order valence-corrected chi connectivity index (χ0v) is 12.1. The van der Waals surface area contributed by atoms with E-state index in [9.17, 15) is 4.79 Å². The molecule has 0 radical (unpaired) electrons. The molecule has 1 heterocycles. The van der Waals surface area contributed by atoms with Crippen LogP contribution in [0.25, 0.3) is 11.0 Å². The number of hydrogen-bond acceptors (Lipinski definition) is 4. The number of hydrogen-bond donors (Lipinski definition) is 3. The van der Waals surface area contributed by atoms with Gasteiger partial charge in [-0.05, 0) is 54.6 Å². The van der Waals surface area contributed by atoms with Crippen LogP contribution in [0.2, 0.25) is 0 Å². The van der Waals surface area contributed by atoms with E-state index >= 15 is 0 Å². The number of aromatic amines is 1. The van der Waals surface area contributed by atoms with E-state index in [-0.39, 0.29) is 5.56 Å². The van der Waals surface area contributed by atoms with Crippen LogP contribution >= 0.6 is 11.8 Å². The molecule has 0 amide bonds. The molecule has 0 saturated heterocycles. The molecule has 3 aromatic rings. The van der Waals surface area contributed by atoms with Gasteiger partial charge in [-0.3, -0.25) is 0 Å². The number of aryl methyl sites for hydroxylation is 1. The fourth-order valence-corrected chi connectivity index (χ4v) is 2.85. The molecule has 0 saturated carbocycles. The second-order valence-electron chi connectivity index (χ2n) is 4.72. The van der Waals surface area contributed by atoms with Gasteiger partial charge in [0.1, 0.15) is 0 Å². The third kappa shape index (κ3) is 2.71. The number of benzene rings is 2. The maximum absolute atomic E-state index is 10.9. The summed E-state index contributed by atoms with van der Waals surface area (Å²) < 4.78 is 0. The first kappa shape index (κ1) is 13.5. The van der Waals surface area contributed by atoms with Crippen molar-refractivity contribution in [1.82, 2.24) is 9.97 Å². The fourth-order valence-electron chi connectivity index (χ4n) is 2.03. The summed E-state index contributed by atoms with van der Waals surface area (Å²) in [6, 6.07) is 10.7. The average Bonchev–Trinajstić information content (AvgIpc) is 2.82. The number of anilines is 1. The number of H-pyrrole nitrogens is 1. The number of aromatic carboxylic acids is 1. The number of nitrogens with zero attached hydrogens (tertiary/aromatic N) is 1. The number of rotatable bonds is 3. The van der Waals surface area contributed by atoms with E-state index in [1.807, 2.05) is 25.1 Å². The third-order valence-electron chi connectivity index (χ3n) is 3.08. The number of fused-ring (bicyclic) bond motifs is 1. The number of carboxylic acids is 1. The summed E-state index contributed by atoms with van der Waals surface area (Å²) in [7, 11) is 0. The number of carboxylic acid groups (broad SMARTS) is 1. The molecule has 0 aliphatic rings. The zero-order chi connectivity index (χ0) is 15.0. The molecule has 0 unspecified atom stereocenters. The van der Waals surface area contributed by atoms with E-state index in [1.54, 1.807) is 6.07 Å². The minimum Gasteiger partial charge on any atom is -0.478 e. The molecule has 0 aliphatic carbocycles. The minimum absolute atomic E-state index is 0.178. The van der Waals surface area contributed by atoms with E-state index in [0.29, 0.717) is 5.69 Å². The van der Waals surface area contributed by atoms with E-state index in [2.05, 4.69) is 9.97 Å². The van der Waals surface area contributed by atoms with Crippen molar-refractivity contribution in [3.8, 4) is 0 Å². The van der Waals surface area contributed by atoms with Crippen LogP contribution in [0.1, 0.15) is 15.9 Å². The highest BCUT2D eigenvalue weighted by molar-refractivity contribution is 7.99. The molecule has 1 aromatic heterocycles. The Kier molecular flexibility index (Phi) is 3.31. The Hall–Kier alpha value is -2.47. The largest absolute Gasteiger partial charge is 0.478 e. The van der Waals surface area contributed by atoms with Crippen molar-refractivity contribution < 1.29 is 9.90 Å². The summed E-state index contributed by atoms with van der Waals surface area (Å²) in [5, 5.41) is 9.66. The van der Waals surface area contributed by atoms with Crippen molar-refractivity contribution in [3.05, 3.63) is 47.5 Å². The number of carbonyl (C=O) groups is 1. The van der Waals surface area contributed by atoms with Gasteiger partial charge in [-0.25, -0.2) is 9.78 Å². The van der Waals surface area contributed by atoms with Crippen LogP contribution in [0.15, 0.2) is 46.5 Å². The summed E-state index contributed by atoms with van der Waals surface area (Å²) in [5.41, 5.74) is 9.53. The summed E-state index contributed by atoms with van der Waals surface area (Å²) in [6.45, 7) is 2.02. The lowest BCUT2D eigenvalue weighted by Crippen LogP contribution is -1.98. The van der Waals surface area contributed by atoms with Gasteiger partial charge in [0.25, 0.3) is 0 Å². The topological polar surface area (TPSA) is 92.0 Å². The van der Waals surface area contributed by atoms with Crippen LogP contribution in [0, 0.1) is 6.92 Å². The summed E-state index contributed by atoms with van der Waals surface area (Å²) in [4.78, 5) is 19.4. The molecule has 3 rings (SSSR count). The normalized spacial score (nSPS) is 10.9. The number of imidazole rings is 1. The SMILES string of the molecule is Cc1ccc2nc(Sc3ccc(C(=O)O)cc3N)[nH]c2c1. The van der Waals surface area contributed by atoms with E-state index in [4.69, 9.17) is 10.8 Å². The summed E-state index contributed by atoms with van der Waals surface area (Å²) in [6.07, 6.45) is 0. The summed E-state index contributed by atoms with van der Waals surface area (Å²) >= 11 is 1.38. The second kappa shape index (κ2) is 5.14. The van der Waals surface area contributed by atoms with Crippen molar-refractivity contribution >= 4 is 34.5 Å². The molecule has 0 atom stereocenters. The Balaban J connectivity index is 1.93. The van der Waals surface area contributed by atoms with Crippen LogP contribution in [0.4, 0.5) is 5.69 Å². The lowest BCUT2D eigenvalue weighted by atomic mass is 10.2. The number of nitrogens with two attached hydrogens (primary N) is 1. The molecule has 106 valence electrons. The second-order valence-corrected chi connectivity index (χ2v) is 5.75. The maximum Gasteiger partial charge on any atom is 0.335 e. The van der Waals surface area contributed by atoms with Gasteiger partial charge in [0, 0.05) is 10.6 Å². The first-order valence-electron chi connectivity index (χ1n) is 6.30. The smallest absolute Gasteiger partial charge is 0.335 e. The molecule has 6 heteroatoms. The van der Waals surface area contributed by atoms with Crippen LogP contribution in [-0.4, -0.2) is 21.0 Å². The van der Waals surface area contributed by atoms with Crippen LogP contribution in [0.3, 0.4) is 0 Å². The monoisotopic (exact) mass is 299 g/mol. The third-order valence-corrected chi connectivity index (χ3v) is 4.06. The van der Waals surface area contributed by atoms with Gasteiger partial charge < -0.3 is 15.8 Å². The number of nitrogen functional groups attached to an aromatic ring is 1. The van der Waals surface area contributed by atoms with Gasteiger partial charge in [-0.1, -0.05) is 6.07 Å². The van der Waals surface area contributed by atoms with Gasteiger partial charge in [0.05, 0.1) is 16.6 Å². The fraction of sp³-hybridized carbons (Fsp3) is 0.0667. The molecule has 4 N–H and O–H groups in total. The lowest BCUT2D eigenvalue weighted by Gasteiger charge is -2.04. The predicted molar refractivity (Wildman–Crippen MR) is 82.8 cm³/mol. The van der Waals surface area contributed by atoms with Crippen molar-refractivity contribution in [1.29, 1.82) is 0 Å². The number of nitrogens with one attached hydrogen (secondary N) is 1. The standard InChI is InChI=1S/C15H13N3O2S/c1-8-2-4-11-12(6-8)18-15(17-11)21-13-5-3-9(14(19)20)7-10(13)16/h2-7H,16H2,1H3,(H,17,18)(H,19,20). The van der Waals surface area contributed by atoms with Crippen LogP contribution < -0.4 is 5.73 Å². The molecule has 21 heavy (non-hydrogen) atoms. The van der Waals surface area contributed by atoms with Crippen molar-refractivity contribution in [3.63, 3.8) is 0 Å². The van der Waals surface area contributed by atoms with Gasteiger partial charge in [0.2, 0.25) is 0 Å². The van der Waals surface area contributed by atoms with Crippen LogP contribution in [-0.2, 0) is 0 Å². The first-order chi connectivity index (χ1) is 10.0. The highest BCUT2D eigenvalue weighted by Gasteiger charge is 2.10. The lowest BCUT2D eigenvalue weighted by molar-refractivity contribution is 0.0697.